The number of halogens is 1. The molecule has 0 aromatic heterocycles. The molecule has 1 aromatic rings. The second kappa shape index (κ2) is 6.65. The first kappa shape index (κ1) is 17.1. The maximum absolute atomic E-state index is 12.5. The number of nitrogen functional groups attached to an aromatic ring is 1. The van der Waals surface area contributed by atoms with Crippen molar-refractivity contribution in [3.8, 4) is 0 Å². The quantitative estimate of drug-likeness (QED) is 0.865. The van der Waals surface area contributed by atoms with Crippen LogP contribution < -0.4 is 10.6 Å². The molecule has 0 radical (unpaired) electrons. The lowest BCUT2D eigenvalue weighted by Gasteiger charge is -2.26. The number of sulfonamides is 1. The monoisotopic (exact) mass is 319 g/mol. The highest BCUT2D eigenvalue weighted by Gasteiger charge is 2.26. The summed E-state index contributed by atoms with van der Waals surface area (Å²) in [6, 6.07) is 4.95. The fourth-order valence-corrected chi connectivity index (χ4v) is 3.91. The van der Waals surface area contributed by atoms with Crippen molar-refractivity contribution in [3.63, 3.8) is 0 Å². The smallest absolute Gasteiger partial charge is 0.243 e. The van der Waals surface area contributed by atoms with Gasteiger partial charge in [-0.1, -0.05) is 6.42 Å². The fraction of sp³-hybridized carbons (Fsp3) is 0.538. The van der Waals surface area contributed by atoms with E-state index in [0.29, 0.717) is 18.8 Å². The Balaban J connectivity index is 0.00000200. The van der Waals surface area contributed by atoms with E-state index in [-0.39, 0.29) is 17.3 Å². The molecule has 1 saturated heterocycles. The molecule has 0 amide bonds. The maximum atomic E-state index is 12.5. The van der Waals surface area contributed by atoms with Crippen molar-refractivity contribution in [1.29, 1.82) is 0 Å². The maximum Gasteiger partial charge on any atom is 0.243 e. The van der Waals surface area contributed by atoms with Crippen LogP contribution in [0.5, 0.6) is 0 Å². The largest absolute Gasteiger partial charge is 0.397 e. The molecule has 0 aliphatic carbocycles. The van der Waals surface area contributed by atoms with Crippen LogP contribution in [0.1, 0.15) is 19.3 Å². The molecule has 0 saturated carbocycles. The van der Waals surface area contributed by atoms with Gasteiger partial charge in [-0.15, -0.1) is 12.4 Å². The molecular weight excluding hydrogens is 298 g/mol. The molecule has 114 valence electrons. The number of piperidine rings is 1. The van der Waals surface area contributed by atoms with Crippen molar-refractivity contribution < 1.29 is 8.42 Å². The Morgan fingerprint density at radius 2 is 1.75 bits per heavy atom. The SMILES string of the molecule is CN(C)c1ccc(S(=O)(=O)N2CCCCC2)cc1N.Cl. The van der Waals surface area contributed by atoms with Gasteiger partial charge in [-0.25, -0.2) is 8.42 Å². The lowest BCUT2D eigenvalue weighted by Crippen LogP contribution is -2.35. The highest BCUT2D eigenvalue weighted by molar-refractivity contribution is 7.89. The minimum Gasteiger partial charge on any atom is -0.397 e. The number of nitrogens with two attached hydrogens (primary N) is 1. The molecule has 1 aliphatic rings. The zero-order valence-electron chi connectivity index (χ0n) is 11.9. The van der Waals surface area contributed by atoms with Gasteiger partial charge < -0.3 is 10.6 Å². The van der Waals surface area contributed by atoms with E-state index in [1.54, 1.807) is 22.5 Å². The van der Waals surface area contributed by atoms with Gasteiger partial charge >= 0.3 is 0 Å². The van der Waals surface area contributed by atoms with Crippen molar-refractivity contribution in [2.45, 2.75) is 24.2 Å². The van der Waals surface area contributed by atoms with Crippen LogP contribution in [-0.2, 0) is 10.0 Å². The van der Waals surface area contributed by atoms with E-state index < -0.39 is 10.0 Å². The fourth-order valence-electron chi connectivity index (χ4n) is 2.35. The van der Waals surface area contributed by atoms with E-state index in [9.17, 15) is 8.42 Å². The molecule has 2 N–H and O–H groups in total. The van der Waals surface area contributed by atoms with Gasteiger partial charge in [-0.05, 0) is 31.0 Å². The lowest BCUT2D eigenvalue weighted by atomic mass is 10.2. The van der Waals surface area contributed by atoms with E-state index >= 15 is 0 Å². The Morgan fingerprint density at radius 3 is 2.25 bits per heavy atom. The molecule has 0 atom stereocenters. The van der Waals surface area contributed by atoms with Gasteiger partial charge in [0.2, 0.25) is 10.0 Å². The van der Waals surface area contributed by atoms with E-state index in [4.69, 9.17) is 5.73 Å². The minimum atomic E-state index is -3.39. The third-order valence-electron chi connectivity index (χ3n) is 3.43. The van der Waals surface area contributed by atoms with Crippen molar-refractivity contribution in [2.24, 2.45) is 0 Å². The molecule has 1 aliphatic heterocycles. The number of nitrogens with zero attached hydrogens (tertiary/aromatic N) is 2. The lowest BCUT2D eigenvalue weighted by molar-refractivity contribution is 0.346. The first-order valence-electron chi connectivity index (χ1n) is 6.50. The normalized spacial score (nSPS) is 16.5. The summed E-state index contributed by atoms with van der Waals surface area (Å²) in [6.45, 7) is 1.22. The average molecular weight is 320 g/mol. The minimum absolute atomic E-state index is 0. The van der Waals surface area contributed by atoms with Crippen LogP contribution in [0, 0.1) is 0 Å². The topological polar surface area (TPSA) is 66.6 Å². The van der Waals surface area contributed by atoms with Gasteiger partial charge in [0, 0.05) is 27.2 Å². The van der Waals surface area contributed by atoms with E-state index in [1.165, 1.54) is 0 Å². The summed E-state index contributed by atoms with van der Waals surface area (Å²) in [6.07, 6.45) is 2.97. The Morgan fingerprint density at radius 1 is 1.15 bits per heavy atom. The van der Waals surface area contributed by atoms with Gasteiger partial charge in [0.05, 0.1) is 16.3 Å². The van der Waals surface area contributed by atoms with Crippen molar-refractivity contribution in [2.75, 3.05) is 37.8 Å². The molecule has 0 spiro atoms. The second-order valence-electron chi connectivity index (χ2n) is 5.08. The Kier molecular flexibility index (Phi) is 5.68. The Bertz CT molecular complexity index is 555. The molecular formula is C13H22ClN3O2S. The van der Waals surface area contributed by atoms with Crippen LogP contribution in [-0.4, -0.2) is 39.9 Å². The Labute approximate surface area is 127 Å². The van der Waals surface area contributed by atoms with Crippen molar-refractivity contribution >= 4 is 33.8 Å². The summed E-state index contributed by atoms with van der Waals surface area (Å²) in [5, 5.41) is 0. The number of anilines is 2. The molecule has 2 rings (SSSR count). The second-order valence-corrected chi connectivity index (χ2v) is 7.02. The van der Waals surface area contributed by atoms with Crippen LogP contribution in [0.4, 0.5) is 11.4 Å². The van der Waals surface area contributed by atoms with Gasteiger partial charge in [0.1, 0.15) is 0 Å². The highest BCUT2D eigenvalue weighted by Crippen LogP contribution is 2.27. The third kappa shape index (κ3) is 3.37. The summed E-state index contributed by atoms with van der Waals surface area (Å²) >= 11 is 0. The molecule has 20 heavy (non-hydrogen) atoms. The Hall–Kier alpha value is -0.980. The molecule has 1 heterocycles. The zero-order valence-corrected chi connectivity index (χ0v) is 13.5. The average Bonchev–Trinajstić information content (AvgIpc) is 2.39. The van der Waals surface area contributed by atoms with Crippen LogP contribution in [0.2, 0.25) is 0 Å². The molecule has 0 bridgehead atoms. The van der Waals surface area contributed by atoms with E-state index in [1.807, 2.05) is 19.0 Å². The van der Waals surface area contributed by atoms with Crippen LogP contribution in [0.15, 0.2) is 23.1 Å². The standard InChI is InChI=1S/C13H21N3O2S.ClH/c1-15(2)13-7-6-11(10-12(13)14)19(17,18)16-8-4-3-5-9-16;/h6-7,10H,3-5,8-9,14H2,1-2H3;1H. The van der Waals surface area contributed by atoms with Crippen LogP contribution >= 0.6 is 12.4 Å². The van der Waals surface area contributed by atoms with Crippen molar-refractivity contribution in [3.05, 3.63) is 18.2 Å². The number of rotatable bonds is 3. The first-order valence-corrected chi connectivity index (χ1v) is 7.94. The highest BCUT2D eigenvalue weighted by atomic mass is 35.5. The van der Waals surface area contributed by atoms with E-state index in [0.717, 1.165) is 24.9 Å². The van der Waals surface area contributed by atoms with Crippen molar-refractivity contribution in [1.82, 2.24) is 4.31 Å². The zero-order chi connectivity index (χ0) is 14.0. The number of hydrogen-bond acceptors (Lipinski definition) is 4. The molecule has 0 unspecified atom stereocenters. The first-order chi connectivity index (χ1) is 8.93. The molecule has 5 nitrogen and oxygen atoms in total. The molecule has 1 aromatic carbocycles. The van der Waals surface area contributed by atoms with Gasteiger partial charge in [-0.3, -0.25) is 0 Å². The third-order valence-corrected chi connectivity index (χ3v) is 5.33. The van der Waals surface area contributed by atoms with E-state index in [2.05, 4.69) is 0 Å². The molecule has 7 heteroatoms. The molecule has 1 fully saturated rings. The summed E-state index contributed by atoms with van der Waals surface area (Å²) < 4.78 is 26.5. The summed E-state index contributed by atoms with van der Waals surface area (Å²) in [4.78, 5) is 2.16. The summed E-state index contributed by atoms with van der Waals surface area (Å²) in [5.74, 6) is 0. The summed E-state index contributed by atoms with van der Waals surface area (Å²) in [5.41, 5.74) is 7.24. The van der Waals surface area contributed by atoms with Gasteiger partial charge in [-0.2, -0.15) is 4.31 Å². The summed E-state index contributed by atoms with van der Waals surface area (Å²) in [7, 11) is 0.367. The van der Waals surface area contributed by atoms with Gasteiger partial charge in [0.15, 0.2) is 0 Å². The van der Waals surface area contributed by atoms with Crippen LogP contribution in [0.25, 0.3) is 0 Å². The number of benzene rings is 1. The van der Waals surface area contributed by atoms with Crippen LogP contribution in [0.3, 0.4) is 0 Å². The predicted molar refractivity (Wildman–Crippen MR) is 85.0 cm³/mol. The van der Waals surface area contributed by atoms with Gasteiger partial charge in [0.25, 0.3) is 0 Å². The predicted octanol–water partition coefficient (Wildman–Crippen LogP) is 1.93. The number of hydrogen-bond donors (Lipinski definition) is 1.